The third kappa shape index (κ3) is 5.75. The monoisotopic (exact) mass is 952 g/mol. The summed E-state index contributed by atoms with van der Waals surface area (Å²) in [5, 5.41) is 5.50. The van der Waals surface area contributed by atoms with E-state index in [9.17, 15) is 0 Å². The first-order valence-electron chi connectivity index (χ1n) is 22.0. The fourth-order valence-electron chi connectivity index (χ4n) is 13.8. The number of fused-ring (bicyclic) bond motifs is 5. The van der Waals surface area contributed by atoms with Gasteiger partial charge < -0.3 is 0 Å². The van der Waals surface area contributed by atoms with Gasteiger partial charge in [-0.25, -0.2) is 0 Å². The topological polar surface area (TPSA) is 0 Å². The SMILES string of the molecule is C1=C(C2CCCC2)[CH]([Hf]2([CH]3C(C4CCCC4)=Cc4c(-c5cccc6ccccc56)cccc43)[CH]3CCCC[CH]32)c2cccc(-c3cccc4ccccc34)c21.Cl.Cl. The van der Waals surface area contributed by atoms with Crippen LogP contribution in [0.5, 0.6) is 0 Å². The van der Waals surface area contributed by atoms with Crippen molar-refractivity contribution in [2.45, 2.75) is 91.7 Å². The largest absolute Gasteiger partial charge is 0.147 e. The van der Waals surface area contributed by atoms with Crippen LogP contribution in [0.2, 0.25) is 7.35 Å². The van der Waals surface area contributed by atoms with Gasteiger partial charge in [0.1, 0.15) is 0 Å². The van der Waals surface area contributed by atoms with Crippen LogP contribution in [0.15, 0.2) is 132 Å². The van der Waals surface area contributed by atoms with Crippen LogP contribution in [-0.2, 0) is 20.0 Å². The van der Waals surface area contributed by atoms with Crippen LogP contribution in [0.25, 0.3) is 56.0 Å². The van der Waals surface area contributed by atoms with E-state index in [-0.39, 0.29) is 24.8 Å². The number of benzene rings is 6. The number of allylic oxidation sites excluding steroid dienone is 2. The Balaban J connectivity index is 0.00000198. The maximum absolute atomic E-state index is 3.41. The zero-order valence-corrected chi connectivity index (χ0v) is 38.2. The number of rotatable bonds is 6. The van der Waals surface area contributed by atoms with Gasteiger partial charge in [-0.3, -0.25) is 0 Å². The average Bonchev–Trinajstić information content (AvgIpc) is 3.92. The molecule has 1 saturated heterocycles. The summed E-state index contributed by atoms with van der Waals surface area (Å²) in [5.41, 5.74) is 16.4. The van der Waals surface area contributed by atoms with Crippen molar-refractivity contribution >= 4 is 58.5 Å². The van der Waals surface area contributed by atoms with E-state index in [1.807, 2.05) is 11.1 Å². The zero-order chi connectivity index (χ0) is 36.1. The van der Waals surface area contributed by atoms with Gasteiger partial charge in [0.2, 0.25) is 0 Å². The second-order valence-corrected chi connectivity index (χ2v) is 34.9. The molecule has 0 amide bonds. The van der Waals surface area contributed by atoms with Crippen molar-refractivity contribution in [3.63, 3.8) is 0 Å². The molecule has 3 heteroatoms. The minimum Gasteiger partial charge on any atom is -0.147 e. The summed E-state index contributed by atoms with van der Waals surface area (Å²) >= 11 is -3.41. The van der Waals surface area contributed by atoms with E-state index in [2.05, 4.69) is 133 Å². The molecule has 0 spiro atoms. The molecule has 5 aliphatic carbocycles. The molecule has 4 unspecified atom stereocenters. The van der Waals surface area contributed by atoms with Gasteiger partial charge >= 0.3 is 334 Å². The van der Waals surface area contributed by atoms with Gasteiger partial charge in [0.25, 0.3) is 0 Å². The van der Waals surface area contributed by atoms with Crippen LogP contribution in [-0.4, -0.2) is 0 Å². The number of hydrogen-bond acceptors (Lipinski definition) is 0. The Morgan fingerprint density at radius 2 is 0.737 bits per heavy atom. The van der Waals surface area contributed by atoms with Crippen molar-refractivity contribution in [3.05, 3.63) is 155 Å². The second kappa shape index (κ2) is 15.1. The van der Waals surface area contributed by atoms with E-state index in [0.717, 1.165) is 26.5 Å². The first-order valence-corrected chi connectivity index (χ1v) is 30.3. The van der Waals surface area contributed by atoms with E-state index in [0.29, 0.717) is 0 Å². The summed E-state index contributed by atoms with van der Waals surface area (Å²) in [6.07, 6.45) is 22.9. The quantitative estimate of drug-likeness (QED) is 0.146. The summed E-state index contributed by atoms with van der Waals surface area (Å²) < 4.78 is 3.47. The zero-order valence-electron chi connectivity index (χ0n) is 33.0. The van der Waals surface area contributed by atoms with Crippen LogP contribution in [0.4, 0.5) is 0 Å². The summed E-state index contributed by atoms with van der Waals surface area (Å²) in [5.74, 6) is 1.53. The Bertz CT molecular complexity index is 2380. The molecule has 0 nitrogen and oxygen atoms in total. The fourth-order valence-corrected chi connectivity index (χ4v) is 49.4. The number of halogens is 2. The molecule has 1 heterocycles. The van der Waals surface area contributed by atoms with E-state index >= 15 is 0 Å². The maximum Gasteiger partial charge on any atom is -0.147 e. The molecule has 57 heavy (non-hydrogen) atoms. The second-order valence-electron chi connectivity index (χ2n) is 18.3. The standard InChI is InChI=1S/2C24H21.C6H10.2ClH.Hf/c2*1-2-8-17(7-1)20-15-19-11-6-14-23(24(19)16-20)22-13-5-10-18-9-3-4-12-21(18)22;1-2-4-6-5-3-1;;;/h2*3-6,9-17H,1-2,7-8H2;1-2H,3-6H2;2*1H;. The van der Waals surface area contributed by atoms with Crippen molar-refractivity contribution in [3.8, 4) is 22.3 Å². The molecule has 4 atom stereocenters. The Morgan fingerprint density at radius 1 is 0.368 bits per heavy atom. The first kappa shape index (κ1) is 38.0. The van der Waals surface area contributed by atoms with Crippen molar-refractivity contribution in [1.82, 2.24) is 0 Å². The Morgan fingerprint density at radius 3 is 1.19 bits per heavy atom. The molecule has 0 aromatic heterocycles. The smallest absolute Gasteiger partial charge is 0.147 e. The summed E-state index contributed by atoms with van der Waals surface area (Å²) in [4.78, 5) is 0. The van der Waals surface area contributed by atoms with E-state index in [1.54, 1.807) is 22.3 Å². The third-order valence-corrected chi connectivity index (χ3v) is 40.6. The molecule has 0 bridgehead atoms. The predicted octanol–water partition coefficient (Wildman–Crippen LogP) is 16.4. The molecule has 6 aliphatic rings. The van der Waals surface area contributed by atoms with E-state index in [1.165, 1.54) is 121 Å². The summed E-state index contributed by atoms with van der Waals surface area (Å²) in [6, 6.07) is 47.4. The van der Waals surface area contributed by atoms with Gasteiger partial charge in [-0.05, 0) is 0 Å². The molecule has 0 N–H and O–H groups in total. The summed E-state index contributed by atoms with van der Waals surface area (Å²) in [6.45, 7) is 0. The average molecular weight is 952 g/mol. The van der Waals surface area contributed by atoms with Crippen molar-refractivity contribution in [2.24, 2.45) is 11.8 Å². The minimum atomic E-state index is -3.41. The molecule has 6 aromatic rings. The molecule has 12 rings (SSSR count). The van der Waals surface area contributed by atoms with Gasteiger partial charge in [-0.2, -0.15) is 0 Å². The van der Waals surface area contributed by atoms with Crippen LogP contribution in [0, 0.1) is 11.8 Å². The van der Waals surface area contributed by atoms with Crippen LogP contribution >= 0.6 is 24.8 Å². The Kier molecular flexibility index (Phi) is 10.1. The van der Waals surface area contributed by atoms with E-state index in [4.69, 9.17) is 0 Å². The minimum absolute atomic E-state index is 0. The van der Waals surface area contributed by atoms with Crippen molar-refractivity contribution in [1.29, 1.82) is 0 Å². The maximum atomic E-state index is 2.85. The Hall–Kier alpha value is -3.23. The summed E-state index contributed by atoms with van der Waals surface area (Å²) in [7, 11) is 0. The van der Waals surface area contributed by atoms with Crippen molar-refractivity contribution < 1.29 is 20.0 Å². The number of hydrogen-bond donors (Lipinski definition) is 0. The molecule has 288 valence electrons. The van der Waals surface area contributed by atoms with Crippen LogP contribution in [0.1, 0.15) is 107 Å². The molecule has 3 saturated carbocycles. The third-order valence-electron chi connectivity index (χ3n) is 15.9. The van der Waals surface area contributed by atoms with Gasteiger partial charge in [0.15, 0.2) is 0 Å². The molecule has 0 radical (unpaired) electrons. The first-order chi connectivity index (χ1) is 27.3. The predicted molar refractivity (Wildman–Crippen MR) is 245 cm³/mol. The van der Waals surface area contributed by atoms with Gasteiger partial charge in [-0.1, -0.05) is 0 Å². The molecule has 4 fully saturated rings. The van der Waals surface area contributed by atoms with Crippen molar-refractivity contribution in [2.75, 3.05) is 0 Å². The van der Waals surface area contributed by atoms with Gasteiger partial charge in [0.05, 0.1) is 0 Å². The molecule has 1 aliphatic heterocycles. The molecule has 6 aromatic carbocycles. The van der Waals surface area contributed by atoms with Crippen LogP contribution < -0.4 is 0 Å². The van der Waals surface area contributed by atoms with Gasteiger partial charge in [0, 0.05) is 0 Å². The normalized spacial score (nSPS) is 26.3. The molecular weight excluding hydrogens is 898 g/mol. The fraction of sp³-hybridized carbons (Fsp3) is 0.333. The Labute approximate surface area is 356 Å². The van der Waals surface area contributed by atoms with Crippen LogP contribution in [0.3, 0.4) is 0 Å². The van der Waals surface area contributed by atoms with E-state index < -0.39 is 20.0 Å². The molecular formula is C54H54Cl2Hf. The van der Waals surface area contributed by atoms with Gasteiger partial charge in [-0.15, -0.1) is 24.8 Å².